The summed E-state index contributed by atoms with van der Waals surface area (Å²) in [5, 5.41) is 10.7. The van der Waals surface area contributed by atoms with Crippen molar-refractivity contribution < 1.29 is 27.6 Å². The molecule has 1 rings (SSSR count). The minimum atomic E-state index is -4.21. The number of hydrogen-bond donors (Lipinski definition) is 1. The van der Waals surface area contributed by atoms with Crippen molar-refractivity contribution in [2.75, 3.05) is 6.61 Å². The number of carbonyl (C=O) groups is 1. The van der Waals surface area contributed by atoms with E-state index < -0.39 is 39.9 Å². The highest BCUT2D eigenvalue weighted by molar-refractivity contribution is 5.85. The van der Waals surface area contributed by atoms with Crippen LogP contribution in [0.3, 0.4) is 0 Å². The van der Waals surface area contributed by atoms with Gasteiger partial charge in [-0.25, -0.2) is 9.18 Å². The largest absolute Gasteiger partial charge is 0.462 e. The summed E-state index contributed by atoms with van der Waals surface area (Å²) in [6.07, 6.45) is 0. The third kappa shape index (κ3) is 4.05. The molecule has 0 radical (unpaired) electrons. The Labute approximate surface area is 123 Å². The Bertz CT molecular complexity index is 542. The third-order valence-electron chi connectivity index (χ3n) is 2.46. The van der Waals surface area contributed by atoms with E-state index in [1.165, 1.54) is 6.92 Å². The first-order chi connectivity index (χ1) is 9.21. The highest BCUT2D eigenvalue weighted by Gasteiger charge is 2.49. The van der Waals surface area contributed by atoms with Crippen molar-refractivity contribution in [1.82, 2.24) is 0 Å². The first-order valence-electron chi connectivity index (χ1n) is 5.46. The summed E-state index contributed by atoms with van der Waals surface area (Å²) in [5.74, 6) is -7.12. The molecule has 0 bridgehead atoms. The van der Waals surface area contributed by atoms with E-state index in [1.54, 1.807) is 0 Å². The minimum absolute atomic E-state index is 0. The van der Waals surface area contributed by atoms with E-state index in [0.29, 0.717) is 12.1 Å². The van der Waals surface area contributed by atoms with Crippen LogP contribution in [-0.4, -0.2) is 23.4 Å². The Kier molecular flexibility index (Phi) is 6.58. The van der Waals surface area contributed by atoms with Gasteiger partial charge in [-0.15, -0.1) is 12.4 Å². The summed E-state index contributed by atoms with van der Waals surface area (Å²) < 4.78 is 44.6. The van der Waals surface area contributed by atoms with Crippen molar-refractivity contribution in [2.24, 2.45) is 5.73 Å². The van der Waals surface area contributed by atoms with Crippen LogP contribution in [0.4, 0.5) is 18.9 Å². The zero-order valence-corrected chi connectivity index (χ0v) is 11.5. The zero-order chi connectivity index (χ0) is 15.5. The van der Waals surface area contributed by atoms with Crippen molar-refractivity contribution in [1.29, 1.82) is 0 Å². The van der Waals surface area contributed by atoms with Crippen LogP contribution in [0.15, 0.2) is 18.2 Å². The number of hydrogen-bond acceptors (Lipinski definition) is 5. The summed E-state index contributed by atoms with van der Waals surface area (Å²) in [5.41, 5.74) is 3.60. The Morgan fingerprint density at radius 2 is 2.10 bits per heavy atom. The summed E-state index contributed by atoms with van der Waals surface area (Å²) in [7, 11) is 0. The fraction of sp³-hybridized carbons (Fsp3) is 0.364. The smallest absolute Gasteiger partial charge is 0.379 e. The first-order valence-corrected chi connectivity index (χ1v) is 5.46. The number of nitrogens with two attached hydrogens (primary N) is 1. The molecule has 0 spiro atoms. The van der Waals surface area contributed by atoms with Gasteiger partial charge in [0.1, 0.15) is 11.9 Å². The number of halogens is 4. The van der Waals surface area contributed by atoms with Gasteiger partial charge in [-0.2, -0.15) is 8.78 Å². The van der Waals surface area contributed by atoms with E-state index in [2.05, 4.69) is 4.74 Å². The predicted octanol–water partition coefficient (Wildman–Crippen LogP) is 2.35. The third-order valence-corrected chi connectivity index (χ3v) is 2.46. The Hall–Kier alpha value is -1.87. The standard InChI is InChI=1S/C11H11F3N2O4.ClH/c1-2-20-10(17)11(13,14)9(15)7-5-6(12)3-4-8(7)16(18)19;/h3-5,9H,2,15H2,1H3;1H/t9-;/m0./s1. The van der Waals surface area contributed by atoms with Gasteiger partial charge in [0.2, 0.25) is 0 Å². The number of nitrogens with zero attached hydrogens (tertiary/aromatic N) is 1. The summed E-state index contributed by atoms with van der Waals surface area (Å²) in [6, 6.07) is -0.462. The van der Waals surface area contributed by atoms with E-state index in [9.17, 15) is 28.1 Å². The highest BCUT2D eigenvalue weighted by Crippen LogP contribution is 2.35. The molecule has 1 aromatic carbocycles. The normalized spacial score (nSPS) is 12.2. The minimum Gasteiger partial charge on any atom is -0.462 e. The number of nitro groups is 1. The molecule has 2 N–H and O–H groups in total. The molecule has 21 heavy (non-hydrogen) atoms. The second-order valence-corrected chi connectivity index (χ2v) is 3.78. The number of esters is 1. The Morgan fingerprint density at radius 3 is 2.57 bits per heavy atom. The fourth-order valence-electron chi connectivity index (χ4n) is 1.49. The summed E-state index contributed by atoms with van der Waals surface area (Å²) >= 11 is 0. The molecule has 1 atom stereocenters. The lowest BCUT2D eigenvalue weighted by Crippen LogP contribution is -2.42. The van der Waals surface area contributed by atoms with Gasteiger partial charge in [-0.1, -0.05) is 0 Å². The fourth-order valence-corrected chi connectivity index (χ4v) is 1.49. The summed E-state index contributed by atoms with van der Waals surface area (Å²) in [6.45, 7) is 0.997. The highest BCUT2D eigenvalue weighted by atomic mass is 35.5. The molecule has 0 aromatic heterocycles. The maximum atomic E-state index is 13.7. The van der Waals surface area contributed by atoms with E-state index in [4.69, 9.17) is 5.73 Å². The maximum absolute atomic E-state index is 13.7. The van der Waals surface area contributed by atoms with Crippen LogP contribution in [0.5, 0.6) is 0 Å². The number of alkyl halides is 2. The van der Waals surface area contributed by atoms with Gasteiger partial charge in [-0.05, 0) is 19.1 Å². The van der Waals surface area contributed by atoms with Crippen LogP contribution in [0, 0.1) is 15.9 Å². The van der Waals surface area contributed by atoms with E-state index in [-0.39, 0.29) is 19.0 Å². The van der Waals surface area contributed by atoms with Crippen LogP contribution in [-0.2, 0) is 9.53 Å². The van der Waals surface area contributed by atoms with E-state index in [0.717, 1.165) is 6.07 Å². The molecule has 0 fully saturated rings. The molecule has 0 aliphatic carbocycles. The molecule has 0 aliphatic rings. The lowest BCUT2D eigenvalue weighted by molar-refractivity contribution is -0.386. The molecule has 118 valence electrons. The molecule has 10 heteroatoms. The van der Waals surface area contributed by atoms with Crippen LogP contribution in [0.25, 0.3) is 0 Å². The molecular weight excluding hydrogens is 317 g/mol. The topological polar surface area (TPSA) is 95.5 Å². The molecule has 0 amide bonds. The second-order valence-electron chi connectivity index (χ2n) is 3.78. The Balaban J connectivity index is 0.00000400. The van der Waals surface area contributed by atoms with Crippen molar-refractivity contribution in [3.05, 3.63) is 39.7 Å². The molecule has 0 aliphatic heterocycles. The first kappa shape index (κ1) is 19.1. The van der Waals surface area contributed by atoms with E-state index >= 15 is 0 Å². The van der Waals surface area contributed by atoms with Gasteiger partial charge < -0.3 is 10.5 Å². The molecule has 0 heterocycles. The average molecular weight is 329 g/mol. The zero-order valence-electron chi connectivity index (χ0n) is 10.7. The lowest BCUT2D eigenvalue weighted by Gasteiger charge is -2.21. The van der Waals surface area contributed by atoms with E-state index in [1.807, 2.05) is 0 Å². The van der Waals surface area contributed by atoms with Crippen molar-refractivity contribution in [3.8, 4) is 0 Å². The number of nitro benzene ring substituents is 1. The quantitative estimate of drug-likeness (QED) is 0.508. The number of ether oxygens (including phenoxy) is 1. The molecule has 0 saturated heterocycles. The molecule has 1 aromatic rings. The van der Waals surface area contributed by atoms with Gasteiger partial charge in [0, 0.05) is 6.07 Å². The number of benzene rings is 1. The molecule has 6 nitrogen and oxygen atoms in total. The van der Waals surface area contributed by atoms with Crippen LogP contribution < -0.4 is 5.73 Å². The maximum Gasteiger partial charge on any atom is 0.379 e. The van der Waals surface area contributed by atoms with Crippen LogP contribution in [0.2, 0.25) is 0 Å². The predicted molar refractivity (Wildman–Crippen MR) is 68.8 cm³/mol. The van der Waals surface area contributed by atoms with Crippen LogP contribution in [0.1, 0.15) is 18.5 Å². The number of rotatable bonds is 5. The number of carbonyl (C=O) groups excluding carboxylic acids is 1. The second kappa shape index (κ2) is 7.23. The van der Waals surface area contributed by atoms with Gasteiger partial charge in [-0.3, -0.25) is 10.1 Å². The lowest BCUT2D eigenvalue weighted by atomic mass is 9.99. The van der Waals surface area contributed by atoms with Crippen molar-refractivity contribution >= 4 is 24.1 Å². The molecule has 0 saturated carbocycles. The van der Waals surface area contributed by atoms with Crippen molar-refractivity contribution in [2.45, 2.75) is 18.9 Å². The summed E-state index contributed by atoms with van der Waals surface area (Å²) in [4.78, 5) is 20.9. The van der Waals surface area contributed by atoms with Gasteiger partial charge in [0.25, 0.3) is 5.69 Å². The van der Waals surface area contributed by atoms with Gasteiger partial charge >= 0.3 is 11.9 Å². The van der Waals surface area contributed by atoms with Crippen LogP contribution >= 0.6 is 12.4 Å². The van der Waals surface area contributed by atoms with Gasteiger partial charge in [0.15, 0.2) is 0 Å². The van der Waals surface area contributed by atoms with Crippen molar-refractivity contribution in [3.63, 3.8) is 0 Å². The SMILES string of the molecule is CCOC(=O)C(F)(F)[C@@H](N)c1cc(F)ccc1[N+](=O)[O-].Cl. The molecular formula is C11H12ClF3N2O4. The Morgan fingerprint density at radius 1 is 1.52 bits per heavy atom. The van der Waals surface area contributed by atoms with Gasteiger partial charge in [0.05, 0.1) is 17.1 Å². The average Bonchev–Trinajstić information content (AvgIpc) is 2.37. The monoisotopic (exact) mass is 328 g/mol. The molecule has 0 unspecified atom stereocenters.